The van der Waals surface area contributed by atoms with E-state index < -0.39 is 11.9 Å². The zero-order valence-electron chi connectivity index (χ0n) is 34.7. The summed E-state index contributed by atoms with van der Waals surface area (Å²) in [6.07, 6.45) is 8.12. The molecule has 0 atom stereocenters. The van der Waals surface area contributed by atoms with Crippen LogP contribution in [0.3, 0.4) is 0 Å². The fourth-order valence-electron chi connectivity index (χ4n) is 6.80. The smallest absolute Gasteiger partial charge is 0.414 e. The summed E-state index contributed by atoms with van der Waals surface area (Å²) in [5, 5.41) is 22.1. The van der Waals surface area contributed by atoms with E-state index >= 15 is 0 Å². The largest absolute Gasteiger partial charge is 0.473 e. The van der Waals surface area contributed by atoms with E-state index in [4.69, 9.17) is 48.7 Å². The number of fused-ring (bicyclic) bond motifs is 2. The molecule has 18 nitrogen and oxygen atoms in total. The third-order valence-electron chi connectivity index (χ3n) is 9.87. The van der Waals surface area contributed by atoms with Crippen LogP contribution < -0.4 is 10.6 Å². The van der Waals surface area contributed by atoms with Gasteiger partial charge in [0.2, 0.25) is 11.9 Å². The number of carboxylic acid groups (broad SMARTS) is 2. The number of ether oxygens (including phenoxy) is 4. The van der Waals surface area contributed by atoms with Gasteiger partial charge in [-0.2, -0.15) is 0 Å². The second-order valence-electron chi connectivity index (χ2n) is 13.8. The topological polar surface area (TPSA) is 203 Å². The summed E-state index contributed by atoms with van der Waals surface area (Å²) < 4.78 is 26.3. The normalized spacial score (nSPS) is 15.4. The first-order valence-corrected chi connectivity index (χ1v) is 20.6. The molecule has 58 heavy (non-hydrogen) atoms. The van der Waals surface area contributed by atoms with Crippen molar-refractivity contribution < 1.29 is 38.7 Å². The van der Waals surface area contributed by atoms with Crippen molar-refractivity contribution >= 4 is 46.2 Å². The fraction of sp³-hybridized carbons (Fsp3) is 0.650. The minimum atomic E-state index is -1.82. The number of pyridine rings is 2. The summed E-state index contributed by atoms with van der Waals surface area (Å²) in [6, 6.07) is 8.79. The van der Waals surface area contributed by atoms with Crippen molar-refractivity contribution in [2.75, 3.05) is 103 Å². The van der Waals surface area contributed by atoms with Gasteiger partial charge in [0.05, 0.1) is 39.5 Å². The van der Waals surface area contributed by atoms with Gasteiger partial charge in [0.1, 0.15) is 11.0 Å². The van der Waals surface area contributed by atoms with Gasteiger partial charge < -0.3 is 49.6 Å². The van der Waals surface area contributed by atoms with E-state index in [-0.39, 0.29) is 0 Å². The van der Waals surface area contributed by atoms with Gasteiger partial charge in [-0.3, -0.25) is 9.13 Å². The standard InChI is InChI=1S/2C19H31N5O2.C2H2O4/c2*1-3-25-14-12-23-10-7-16(8-11-23)21-19-22-17-6-5-9-20-18(17)24(19)13-15-26-4-2;3-1(4)2(5)6/h2*5-6,9,16H,3-4,7-8,10-15H2,1-2H3,(H,21,22);(H,3,4)(H,5,6). The highest BCUT2D eigenvalue weighted by Crippen LogP contribution is 2.23. The third kappa shape index (κ3) is 15.0. The number of piperidine rings is 2. The van der Waals surface area contributed by atoms with Gasteiger partial charge in [-0.25, -0.2) is 29.5 Å². The Morgan fingerprint density at radius 2 is 0.948 bits per heavy atom. The average molecular weight is 813 g/mol. The van der Waals surface area contributed by atoms with E-state index in [1.54, 1.807) is 0 Å². The van der Waals surface area contributed by atoms with E-state index in [1.807, 2.05) is 64.4 Å². The molecule has 2 aliphatic rings. The van der Waals surface area contributed by atoms with Crippen LogP contribution in [0.4, 0.5) is 11.9 Å². The van der Waals surface area contributed by atoms with Crippen LogP contribution in [0.15, 0.2) is 36.7 Å². The molecule has 0 unspecified atom stereocenters. The van der Waals surface area contributed by atoms with Gasteiger partial charge in [-0.05, 0) is 77.6 Å². The lowest BCUT2D eigenvalue weighted by atomic mass is 10.1. The number of nitrogens with one attached hydrogen (secondary N) is 2. The maximum atomic E-state index is 9.10. The quantitative estimate of drug-likeness (QED) is 0.0738. The molecule has 6 heterocycles. The van der Waals surface area contributed by atoms with Crippen molar-refractivity contribution in [3.63, 3.8) is 0 Å². The molecule has 2 saturated heterocycles. The minimum Gasteiger partial charge on any atom is -0.473 e. The van der Waals surface area contributed by atoms with Crippen LogP contribution in [0.1, 0.15) is 53.4 Å². The van der Waals surface area contributed by atoms with Crippen LogP contribution >= 0.6 is 0 Å². The molecule has 4 aromatic heterocycles. The first-order valence-electron chi connectivity index (χ1n) is 20.6. The van der Waals surface area contributed by atoms with E-state index in [2.05, 4.69) is 39.5 Å². The molecule has 0 radical (unpaired) electrons. The number of carboxylic acids is 2. The number of hydrogen-bond acceptors (Lipinski definition) is 14. The lowest BCUT2D eigenvalue weighted by Crippen LogP contribution is -2.41. The van der Waals surface area contributed by atoms with Gasteiger partial charge in [0, 0.05) is 90.2 Å². The molecule has 2 aliphatic heterocycles. The minimum absolute atomic E-state index is 0.445. The summed E-state index contributed by atoms with van der Waals surface area (Å²) >= 11 is 0. The van der Waals surface area contributed by atoms with Crippen molar-refractivity contribution in [2.24, 2.45) is 0 Å². The van der Waals surface area contributed by atoms with Gasteiger partial charge in [0.15, 0.2) is 11.3 Å². The summed E-state index contributed by atoms with van der Waals surface area (Å²) in [7, 11) is 0. The van der Waals surface area contributed by atoms with Crippen molar-refractivity contribution in [3.05, 3.63) is 36.7 Å². The number of aromatic nitrogens is 6. The Hall–Kier alpha value is -4.46. The van der Waals surface area contributed by atoms with Crippen molar-refractivity contribution in [2.45, 2.75) is 78.6 Å². The van der Waals surface area contributed by atoms with Crippen LogP contribution in [0.5, 0.6) is 0 Å². The molecule has 18 heteroatoms. The zero-order valence-corrected chi connectivity index (χ0v) is 34.7. The van der Waals surface area contributed by atoms with Crippen LogP contribution in [-0.2, 0) is 41.6 Å². The summed E-state index contributed by atoms with van der Waals surface area (Å²) in [6.45, 7) is 22.1. The Kier molecular flexibility index (Phi) is 20.6. The Morgan fingerprint density at radius 3 is 1.28 bits per heavy atom. The first-order chi connectivity index (χ1) is 28.3. The number of rotatable bonds is 20. The SMILES string of the molecule is CCOCCN1CCC(Nc2nc3cccnc3n2CCOCC)CC1.CCOCCN1CCC(Nc2nc3cccnc3n2CCOCC)CC1.O=C(O)C(=O)O. The van der Waals surface area contributed by atoms with E-state index in [0.717, 1.165) is 152 Å². The Labute approximate surface area is 341 Å². The third-order valence-corrected chi connectivity index (χ3v) is 9.87. The van der Waals surface area contributed by atoms with Crippen molar-refractivity contribution in [1.82, 2.24) is 38.9 Å². The number of nitrogens with zero attached hydrogens (tertiary/aromatic N) is 8. The summed E-state index contributed by atoms with van der Waals surface area (Å²) in [5.41, 5.74) is 3.70. The molecule has 0 aromatic carbocycles. The van der Waals surface area contributed by atoms with Gasteiger partial charge >= 0.3 is 11.9 Å². The molecule has 2 fully saturated rings. The highest BCUT2D eigenvalue weighted by molar-refractivity contribution is 6.27. The average Bonchev–Trinajstić information content (AvgIpc) is 3.76. The molecular formula is C40H64N10O8. The molecule has 4 aromatic rings. The maximum absolute atomic E-state index is 9.10. The molecule has 0 aliphatic carbocycles. The summed E-state index contributed by atoms with van der Waals surface area (Å²) in [4.78, 5) is 41.7. The molecule has 0 spiro atoms. The van der Waals surface area contributed by atoms with Crippen molar-refractivity contribution in [1.29, 1.82) is 0 Å². The number of hydrogen-bond donors (Lipinski definition) is 4. The van der Waals surface area contributed by atoms with E-state index in [1.165, 1.54) is 0 Å². The van der Waals surface area contributed by atoms with Gasteiger partial charge in [-0.15, -0.1) is 0 Å². The first kappa shape index (κ1) is 46.2. The molecule has 0 saturated carbocycles. The Morgan fingerprint density at radius 1 is 0.603 bits per heavy atom. The predicted molar refractivity (Wildman–Crippen MR) is 222 cm³/mol. The monoisotopic (exact) mass is 812 g/mol. The molecule has 6 rings (SSSR count). The maximum Gasteiger partial charge on any atom is 0.414 e. The molecule has 0 amide bonds. The number of likely N-dealkylation sites (tertiary alicyclic amines) is 2. The number of imidazole rings is 2. The molecule has 0 bridgehead atoms. The predicted octanol–water partition coefficient (Wildman–Crippen LogP) is 3.92. The lowest BCUT2D eigenvalue weighted by molar-refractivity contribution is -0.159. The van der Waals surface area contributed by atoms with Crippen LogP contribution in [0, 0.1) is 0 Å². The van der Waals surface area contributed by atoms with Gasteiger partial charge in [-0.1, -0.05) is 0 Å². The lowest BCUT2D eigenvalue weighted by Gasteiger charge is -2.32. The van der Waals surface area contributed by atoms with Gasteiger partial charge in [0.25, 0.3) is 0 Å². The number of anilines is 2. The highest BCUT2D eigenvalue weighted by Gasteiger charge is 2.23. The highest BCUT2D eigenvalue weighted by atomic mass is 16.5. The Balaban J connectivity index is 0.000000225. The molecule has 4 N–H and O–H groups in total. The number of aliphatic carboxylic acids is 2. The Bertz CT molecular complexity index is 1640. The molecular weight excluding hydrogens is 749 g/mol. The summed E-state index contributed by atoms with van der Waals surface area (Å²) in [5.74, 6) is -1.83. The van der Waals surface area contributed by atoms with E-state index in [0.29, 0.717) is 25.3 Å². The van der Waals surface area contributed by atoms with Crippen molar-refractivity contribution in [3.8, 4) is 0 Å². The second-order valence-corrected chi connectivity index (χ2v) is 13.8. The van der Waals surface area contributed by atoms with E-state index in [9.17, 15) is 0 Å². The number of carbonyl (C=O) groups is 2. The van der Waals surface area contributed by atoms with Crippen LogP contribution in [0.25, 0.3) is 22.3 Å². The fourth-order valence-corrected chi connectivity index (χ4v) is 6.80. The molecule has 322 valence electrons. The van der Waals surface area contributed by atoms with Crippen LogP contribution in [0.2, 0.25) is 0 Å². The van der Waals surface area contributed by atoms with Crippen LogP contribution in [-0.4, -0.2) is 165 Å². The second kappa shape index (κ2) is 25.8. The zero-order chi connectivity index (χ0) is 41.5.